The Morgan fingerprint density at radius 3 is 3.05 bits per heavy atom. The van der Waals surface area contributed by atoms with E-state index in [0.717, 1.165) is 18.6 Å². The third-order valence-electron chi connectivity index (χ3n) is 4.23. The standard InChI is InChI=1S/C17H17N3/c1-2-7-16-12(4-1)8-15(16)10-18-9-13-5-3-6-14-11-19-20-17(13)14/h1-7,11,15,18H,8-10H2,(H,19,20). The summed E-state index contributed by atoms with van der Waals surface area (Å²) in [5, 5.41) is 11.9. The average molecular weight is 263 g/mol. The van der Waals surface area contributed by atoms with Gasteiger partial charge in [-0.15, -0.1) is 0 Å². The molecule has 2 N–H and O–H groups in total. The van der Waals surface area contributed by atoms with Gasteiger partial charge in [-0.05, 0) is 23.1 Å². The summed E-state index contributed by atoms with van der Waals surface area (Å²) < 4.78 is 0. The maximum atomic E-state index is 4.11. The molecule has 3 aromatic rings. The van der Waals surface area contributed by atoms with Gasteiger partial charge in [0.05, 0.1) is 11.7 Å². The lowest BCUT2D eigenvalue weighted by Crippen LogP contribution is -2.28. The summed E-state index contributed by atoms with van der Waals surface area (Å²) in [5.74, 6) is 0.673. The maximum Gasteiger partial charge on any atom is 0.0695 e. The number of H-pyrrole nitrogens is 1. The predicted molar refractivity (Wildman–Crippen MR) is 80.7 cm³/mol. The molecular formula is C17H17N3. The molecule has 1 unspecified atom stereocenters. The summed E-state index contributed by atoms with van der Waals surface area (Å²) >= 11 is 0. The van der Waals surface area contributed by atoms with Crippen LogP contribution >= 0.6 is 0 Å². The van der Waals surface area contributed by atoms with Crippen molar-refractivity contribution in [2.75, 3.05) is 6.54 Å². The molecule has 3 nitrogen and oxygen atoms in total. The van der Waals surface area contributed by atoms with Crippen LogP contribution in [0.3, 0.4) is 0 Å². The fraction of sp³-hybridized carbons (Fsp3) is 0.235. The number of nitrogens with one attached hydrogen (secondary N) is 2. The van der Waals surface area contributed by atoms with Gasteiger partial charge in [0.1, 0.15) is 0 Å². The Labute approximate surface area is 118 Å². The van der Waals surface area contributed by atoms with E-state index in [9.17, 15) is 0 Å². The number of para-hydroxylation sites is 1. The third-order valence-corrected chi connectivity index (χ3v) is 4.23. The number of hydrogen-bond acceptors (Lipinski definition) is 2. The molecule has 1 atom stereocenters. The Morgan fingerprint density at radius 2 is 2.10 bits per heavy atom. The summed E-state index contributed by atoms with van der Waals surface area (Å²) in [7, 11) is 0. The minimum absolute atomic E-state index is 0.673. The lowest BCUT2D eigenvalue weighted by atomic mass is 9.77. The molecule has 0 saturated heterocycles. The van der Waals surface area contributed by atoms with Gasteiger partial charge in [0.15, 0.2) is 0 Å². The first-order valence-corrected chi connectivity index (χ1v) is 7.11. The number of rotatable bonds is 4. The summed E-state index contributed by atoms with van der Waals surface area (Å²) in [5.41, 5.74) is 5.45. The van der Waals surface area contributed by atoms with Gasteiger partial charge in [-0.1, -0.05) is 42.5 Å². The maximum absolute atomic E-state index is 4.11. The van der Waals surface area contributed by atoms with Gasteiger partial charge in [0.2, 0.25) is 0 Å². The van der Waals surface area contributed by atoms with Crippen LogP contribution in [0.15, 0.2) is 48.7 Å². The number of aromatic amines is 1. The van der Waals surface area contributed by atoms with Crippen LogP contribution in [0.5, 0.6) is 0 Å². The highest BCUT2D eigenvalue weighted by molar-refractivity contribution is 5.81. The third kappa shape index (κ3) is 1.91. The van der Waals surface area contributed by atoms with Crippen LogP contribution in [0.1, 0.15) is 22.6 Å². The molecule has 0 saturated carbocycles. The van der Waals surface area contributed by atoms with Crippen LogP contribution in [0.2, 0.25) is 0 Å². The monoisotopic (exact) mass is 263 g/mol. The molecule has 0 bridgehead atoms. The molecule has 3 heteroatoms. The van der Waals surface area contributed by atoms with Crippen molar-refractivity contribution in [1.82, 2.24) is 15.5 Å². The van der Waals surface area contributed by atoms with Gasteiger partial charge in [0.25, 0.3) is 0 Å². The van der Waals surface area contributed by atoms with Crippen molar-refractivity contribution in [2.24, 2.45) is 0 Å². The van der Waals surface area contributed by atoms with Crippen LogP contribution in [-0.4, -0.2) is 16.7 Å². The molecule has 1 aromatic heterocycles. The van der Waals surface area contributed by atoms with Gasteiger partial charge >= 0.3 is 0 Å². The van der Waals surface area contributed by atoms with Crippen molar-refractivity contribution < 1.29 is 0 Å². The number of aromatic nitrogens is 2. The summed E-state index contributed by atoms with van der Waals surface area (Å²) in [6.07, 6.45) is 3.08. The molecule has 0 radical (unpaired) electrons. The van der Waals surface area contributed by atoms with Gasteiger partial charge < -0.3 is 5.32 Å². The Hall–Kier alpha value is -2.13. The highest BCUT2D eigenvalue weighted by Crippen LogP contribution is 2.34. The molecule has 100 valence electrons. The minimum atomic E-state index is 0.673. The Balaban J connectivity index is 1.41. The first-order chi connectivity index (χ1) is 9.92. The Bertz CT molecular complexity index is 745. The van der Waals surface area contributed by atoms with Crippen molar-refractivity contribution in [2.45, 2.75) is 18.9 Å². The minimum Gasteiger partial charge on any atom is -0.312 e. The molecule has 20 heavy (non-hydrogen) atoms. The fourth-order valence-corrected chi connectivity index (χ4v) is 3.10. The van der Waals surface area contributed by atoms with E-state index in [4.69, 9.17) is 0 Å². The first kappa shape index (κ1) is 11.7. The molecule has 0 aliphatic heterocycles. The summed E-state index contributed by atoms with van der Waals surface area (Å²) in [4.78, 5) is 0. The molecular weight excluding hydrogens is 246 g/mol. The quantitative estimate of drug-likeness (QED) is 0.759. The van der Waals surface area contributed by atoms with Gasteiger partial charge in [-0.25, -0.2) is 0 Å². The van der Waals surface area contributed by atoms with E-state index in [1.54, 1.807) is 0 Å². The van der Waals surface area contributed by atoms with Crippen LogP contribution in [0, 0.1) is 0 Å². The second kappa shape index (κ2) is 4.76. The highest BCUT2D eigenvalue weighted by atomic mass is 15.1. The van der Waals surface area contributed by atoms with Crippen molar-refractivity contribution in [3.8, 4) is 0 Å². The van der Waals surface area contributed by atoms with E-state index in [1.165, 1.54) is 28.5 Å². The van der Waals surface area contributed by atoms with E-state index in [-0.39, 0.29) is 0 Å². The summed E-state index contributed by atoms with van der Waals surface area (Å²) in [6, 6.07) is 15.1. The molecule has 0 spiro atoms. The molecule has 1 aliphatic rings. The predicted octanol–water partition coefficient (Wildman–Crippen LogP) is 2.99. The van der Waals surface area contributed by atoms with E-state index < -0.39 is 0 Å². The number of benzene rings is 2. The van der Waals surface area contributed by atoms with E-state index in [1.807, 2.05) is 6.20 Å². The van der Waals surface area contributed by atoms with Crippen molar-refractivity contribution in [1.29, 1.82) is 0 Å². The number of nitrogens with zero attached hydrogens (tertiary/aromatic N) is 1. The topological polar surface area (TPSA) is 40.7 Å². The zero-order valence-electron chi connectivity index (χ0n) is 11.3. The second-order valence-electron chi connectivity index (χ2n) is 5.48. The van der Waals surface area contributed by atoms with Crippen molar-refractivity contribution in [3.05, 3.63) is 65.4 Å². The molecule has 1 heterocycles. The largest absolute Gasteiger partial charge is 0.312 e. The lowest BCUT2D eigenvalue weighted by molar-refractivity contribution is 0.536. The van der Waals surface area contributed by atoms with Crippen molar-refractivity contribution >= 4 is 10.9 Å². The first-order valence-electron chi connectivity index (χ1n) is 7.11. The van der Waals surface area contributed by atoms with Crippen molar-refractivity contribution in [3.63, 3.8) is 0 Å². The van der Waals surface area contributed by atoms with Crippen LogP contribution in [-0.2, 0) is 13.0 Å². The average Bonchev–Trinajstić information content (AvgIpc) is 2.93. The van der Waals surface area contributed by atoms with Gasteiger partial charge in [0, 0.05) is 24.4 Å². The van der Waals surface area contributed by atoms with Crippen LogP contribution in [0.25, 0.3) is 10.9 Å². The zero-order valence-corrected chi connectivity index (χ0v) is 11.3. The highest BCUT2D eigenvalue weighted by Gasteiger charge is 2.24. The molecule has 0 fully saturated rings. The number of hydrogen-bond donors (Lipinski definition) is 2. The Morgan fingerprint density at radius 1 is 1.15 bits per heavy atom. The lowest BCUT2D eigenvalue weighted by Gasteiger charge is -2.30. The molecule has 4 rings (SSSR count). The van der Waals surface area contributed by atoms with E-state index >= 15 is 0 Å². The number of fused-ring (bicyclic) bond motifs is 2. The van der Waals surface area contributed by atoms with Gasteiger partial charge in [-0.2, -0.15) is 5.10 Å². The summed E-state index contributed by atoms with van der Waals surface area (Å²) in [6.45, 7) is 1.93. The van der Waals surface area contributed by atoms with E-state index in [2.05, 4.69) is 58.0 Å². The Kier molecular flexibility index (Phi) is 2.78. The van der Waals surface area contributed by atoms with Crippen LogP contribution < -0.4 is 5.32 Å². The normalized spacial score (nSPS) is 16.9. The van der Waals surface area contributed by atoms with Gasteiger partial charge in [-0.3, -0.25) is 5.10 Å². The zero-order chi connectivity index (χ0) is 13.4. The van der Waals surface area contributed by atoms with Crippen LogP contribution in [0.4, 0.5) is 0 Å². The SMILES string of the molecule is c1ccc2c(c1)CC2CNCc1cccc2cn[nH]c12. The molecule has 1 aliphatic carbocycles. The molecule has 2 aromatic carbocycles. The molecule has 0 amide bonds. The fourth-order valence-electron chi connectivity index (χ4n) is 3.10. The smallest absolute Gasteiger partial charge is 0.0695 e. The van der Waals surface area contributed by atoms with E-state index in [0.29, 0.717) is 5.92 Å². The second-order valence-corrected chi connectivity index (χ2v) is 5.48.